The van der Waals surface area contributed by atoms with Crippen molar-refractivity contribution >= 4 is 28.3 Å². The molecule has 4 nitrogen and oxygen atoms in total. The lowest BCUT2D eigenvalue weighted by Crippen LogP contribution is -1.87. The number of anilines is 1. The van der Waals surface area contributed by atoms with Crippen molar-refractivity contribution in [1.82, 2.24) is 9.36 Å². The molecule has 0 bridgehead atoms. The molecule has 2 aromatic rings. The van der Waals surface area contributed by atoms with Crippen LogP contribution in [0.15, 0.2) is 24.3 Å². The third kappa shape index (κ3) is 2.12. The first kappa shape index (κ1) is 9.23. The van der Waals surface area contributed by atoms with Crippen molar-refractivity contribution < 1.29 is 4.74 Å². The van der Waals surface area contributed by atoms with Gasteiger partial charge in [-0.25, -0.2) is 0 Å². The summed E-state index contributed by atoms with van der Waals surface area (Å²) in [7, 11) is 0. The number of ether oxygens (including phenoxy) is 1. The van der Waals surface area contributed by atoms with Gasteiger partial charge in [-0.2, -0.15) is 4.98 Å². The molecule has 0 aliphatic rings. The average Bonchev–Trinajstić information content (AvgIpc) is 2.51. The molecule has 1 heterocycles. The number of benzene rings is 1. The topological polar surface area (TPSA) is 61.0 Å². The van der Waals surface area contributed by atoms with E-state index in [1.165, 1.54) is 0 Å². The van der Waals surface area contributed by atoms with E-state index < -0.39 is 0 Å². The number of nitrogen functional groups attached to an aromatic ring is 1. The molecule has 14 heavy (non-hydrogen) atoms. The number of aromatic nitrogens is 2. The second-order valence-electron chi connectivity index (χ2n) is 2.47. The maximum Gasteiger partial charge on any atom is 0.335 e. The first-order chi connectivity index (χ1) is 6.74. The first-order valence-electron chi connectivity index (χ1n) is 3.76. The van der Waals surface area contributed by atoms with E-state index in [0.717, 1.165) is 11.5 Å². The van der Waals surface area contributed by atoms with Crippen LogP contribution in [-0.2, 0) is 0 Å². The van der Waals surface area contributed by atoms with Crippen LogP contribution >= 0.6 is 23.1 Å². The van der Waals surface area contributed by atoms with Crippen molar-refractivity contribution in [2.75, 3.05) is 5.73 Å². The Balaban J connectivity index is 2.18. The predicted molar refractivity (Wildman–Crippen MR) is 55.8 cm³/mol. The minimum atomic E-state index is 0.245. The molecule has 0 aliphatic heterocycles. The maximum atomic E-state index is 5.77. The van der Waals surface area contributed by atoms with Gasteiger partial charge in [-0.05, 0) is 18.2 Å². The Labute approximate surface area is 89.5 Å². The molecule has 0 unspecified atom stereocenters. The van der Waals surface area contributed by atoms with E-state index in [0.29, 0.717) is 15.9 Å². The summed E-state index contributed by atoms with van der Waals surface area (Å²) < 4.78 is 9.18. The molecule has 2 rings (SSSR count). The molecule has 0 amide bonds. The van der Waals surface area contributed by atoms with Crippen LogP contribution in [0, 0.1) is 0 Å². The predicted octanol–water partition coefficient (Wildman–Crippen LogP) is 2.57. The van der Waals surface area contributed by atoms with Crippen LogP contribution in [0.4, 0.5) is 5.13 Å². The third-order valence-electron chi connectivity index (χ3n) is 1.43. The molecule has 0 radical (unpaired) electrons. The van der Waals surface area contributed by atoms with Gasteiger partial charge in [-0.3, -0.25) is 0 Å². The number of hydrogen-bond acceptors (Lipinski definition) is 5. The zero-order valence-corrected chi connectivity index (χ0v) is 8.55. The molecule has 0 aliphatic carbocycles. The van der Waals surface area contributed by atoms with Crippen LogP contribution in [0.5, 0.6) is 11.8 Å². The lowest BCUT2D eigenvalue weighted by Gasteiger charge is -1.99. The van der Waals surface area contributed by atoms with Crippen LogP contribution in [-0.4, -0.2) is 9.36 Å². The smallest absolute Gasteiger partial charge is 0.335 e. The summed E-state index contributed by atoms with van der Waals surface area (Å²) in [4.78, 5) is 3.86. The Kier molecular flexibility index (Phi) is 2.51. The normalized spacial score (nSPS) is 10.1. The van der Waals surface area contributed by atoms with Gasteiger partial charge in [-0.1, -0.05) is 17.7 Å². The third-order valence-corrected chi connectivity index (χ3v) is 2.19. The van der Waals surface area contributed by atoms with Gasteiger partial charge in [0, 0.05) is 16.6 Å². The summed E-state index contributed by atoms with van der Waals surface area (Å²) in [6.07, 6.45) is 0. The summed E-state index contributed by atoms with van der Waals surface area (Å²) in [5, 5.41) is 0.979. The highest BCUT2D eigenvalue weighted by Gasteiger charge is 2.03. The van der Waals surface area contributed by atoms with Crippen molar-refractivity contribution in [3.63, 3.8) is 0 Å². The van der Waals surface area contributed by atoms with E-state index in [4.69, 9.17) is 22.1 Å². The maximum absolute atomic E-state index is 5.77. The monoisotopic (exact) mass is 227 g/mol. The van der Waals surface area contributed by atoms with Gasteiger partial charge in [0.25, 0.3) is 0 Å². The van der Waals surface area contributed by atoms with Gasteiger partial charge in [0.15, 0.2) is 0 Å². The highest BCUT2D eigenvalue weighted by Crippen LogP contribution is 2.23. The lowest BCUT2D eigenvalue weighted by molar-refractivity contribution is 0.450. The van der Waals surface area contributed by atoms with Crippen LogP contribution < -0.4 is 10.5 Å². The molecule has 0 atom stereocenters. The second kappa shape index (κ2) is 3.81. The summed E-state index contributed by atoms with van der Waals surface area (Å²) >= 11 is 6.86. The Morgan fingerprint density at radius 2 is 2.29 bits per heavy atom. The molecular weight excluding hydrogens is 222 g/mol. The molecule has 72 valence electrons. The zero-order chi connectivity index (χ0) is 9.97. The molecule has 0 saturated heterocycles. The fraction of sp³-hybridized carbons (Fsp3) is 0. The largest absolute Gasteiger partial charge is 0.424 e. The van der Waals surface area contributed by atoms with Crippen LogP contribution in [0.1, 0.15) is 0 Å². The Bertz CT molecular complexity index is 446. The minimum Gasteiger partial charge on any atom is -0.424 e. The van der Waals surface area contributed by atoms with Gasteiger partial charge < -0.3 is 10.5 Å². The second-order valence-corrected chi connectivity index (χ2v) is 3.69. The fourth-order valence-corrected chi connectivity index (χ4v) is 1.45. The quantitative estimate of drug-likeness (QED) is 0.857. The zero-order valence-electron chi connectivity index (χ0n) is 6.98. The van der Waals surface area contributed by atoms with Crippen molar-refractivity contribution in [3.8, 4) is 11.8 Å². The molecule has 2 N–H and O–H groups in total. The number of nitrogens with two attached hydrogens (primary N) is 1. The van der Waals surface area contributed by atoms with E-state index in [-0.39, 0.29) is 6.01 Å². The molecular formula is C8H6ClN3OS. The summed E-state index contributed by atoms with van der Waals surface area (Å²) in [6, 6.07) is 7.24. The van der Waals surface area contributed by atoms with Gasteiger partial charge in [-0.15, -0.1) is 4.37 Å². The Hall–Kier alpha value is -1.33. The Morgan fingerprint density at radius 3 is 2.93 bits per heavy atom. The first-order valence-corrected chi connectivity index (χ1v) is 4.92. The highest BCUT2D eigenvalue weighted by molar-refractivity contribution is 7.09. The van der Waals surface area contributed by atoms with Gasteiger partial charge in [0.05, 0.1) is 0 Å². The molecule has 1 aromatic carbocycles. The van der Waals surface area contributed by atoms with E-state index in [2.05, 4.69) is 9.36 Å². The standard InChI is InChI=1S/C8H6ClN3OS/c9-5-2-1-3-6(4-5)13-8-11-7(10)14-12-8/h1-4H,(H2,10,11,12). The minimum absolute atomic E-state index is 0.245. The lowest BCUT2D eigenvalue weighted by atomic mass is 10.3. The average molecular weight is 228 g/mol. The van der Waals surface area contributed by atoms with E-state index in [1.807, 2.05) is 0 Å². The van der Waals surface area contributed by atoms with Crippen LogP contribution in [0.25, 0.3) is 0 Å². The van der Waals surface area contributed by atoms with Crippen molar-refractivity contribution in [2.45, 2.75) is 0 Å². The fourth-order valence-electron chi connectivity index (χ4n) is 0.898. The number of nitrogens with zero attached hydrogens (tertiary/aromatic N) is 2. The summed E-state index contributed by atoms with van der Waals surface area (Å²) in [6.45, 7) is 0. The highest BCUT2D eigenvalue weighted by atomic mass is 35.5. The van der Waals surface area contributed by atoms with Gasteiger partial charge in [0.1, 0.15) is 5.75 Å². The summed E-state index contributed by atoms with van der Waals surface area (Å²) in [5.41, 5.74) is 5.40. The van der Waals surface area contributed by atoms with Crippen LogP contribution in [0.3, 0.4) is 0 Å². The SMILES string of the molecule is Nc1nc(Oc2cccc(Cl)c2)ns1. The molecule has 1 aromatic heterocycles. The number of rotatable bonds is 2. The van der Waals surface area contributed by atoms with Crippen LogP contribution in [0.2, 0.25) is 5.02 Å². The Morgan fingerprint density at radius 1 is 1.43 bits per heavy atom. The van der Waals surface area contributed by atoms with Gasteiger partial charge >= 0.3 is 6.01 Å². The van der Waals surface area contributed by atoms with E-state index in [9.17, 15) is 0 Å². The van der Waals surface area contributed by atoms with E-state index >= 15 is 0 Å². The van der Waals surface area contributed by atoms with E-state index in [1.54, 1.807) is 24.3 Å². The molecule has 0 saturated carbocycles. The van der Waals surface area contributed by atoms with Crippen molar-refractivity contribution in [3.05, 3.63) is 29.3 Å². The number of halogens is 1. The molecule has 6 heteroatoms. The van der Waals surface area contributed by atoms with Gasteiger partial charge in [0.2, 0.25) is 5.13 Å². The number of hydrogen-bond donors (Lipinski definition) is 1. The molecule has 0 fully saturated rings. The van der Waals surface area contributed by atoms with Crippen molar-refractivity contribution in [1.29, 1.82) is 0 Å². The summed E-state index contributed by atoms with van der Waals surface area (Å²) in [5.74, 6) is 0.593. The van der Waals surface area contributed by atoms with Crippen molar-refractivity contribution in [2.24, 2.45) is 0 Å². The molecule has 0 spiro atoms.